The van der Waals surface area contributed by atoms with E-state index in [1.807, 2.05) is 0 Å². The van der Waals surface area contributed by atoms with E-state index in [1.165, 1.54) is 24.0 Å². The van der Waals surface area contributed by atoms with Crippen LogP contribution in [0.1, 0.15) is 19.3 Å². The van der Waals surface area contributed by atoms with Gasteiger partial charge in [-0.2, -0.15) is 5.10 Å². The predicted octanol–water partition coefficient (Wildman–Crippen LogP) is 2.31. The Morgan fingerprint density at radius 2 is 2.38 bits per heavy atom. The summed E-state index contributed by atoms with van der Waals surface area (Å²) in [6.45, 7) is 1.45. The van der Waals surface area contributed by atoms with Crippen LogP contribution >= 0.6 is 11.3 Å². The summed E-state index contributed by atoms with van der Waals surface area (Å²) >= 11 is 1.19. The zero-order valence-corrected chi connectivity index (χ0v) is 13.1. The van der Waals surface area contributed by atoms with Gasteiger partial charge in [0.05, 0.1) is 24.5 Å². The Balaban J connectivity index is 1.65. The first-order valence-electron chi connectivity index (χ1n) is 6.84. The van der Waals surface area contributed by atoms with Crippen molar-refractivity contribution in [2.45, 2.75) is 36.1 Å². The van der Waals surface area contributed by atoms with Gasteiger partial charge in [-0.15, -0.1) is 11.3 Å². The lowest BCUT2D eigenvalue weighted by Gasteiger charge is -2.22. The molecule has 1 N–H and O–H groups in total. The van der Waals surface area contributed by atoms with Gasteiger partial charge in [0.2, 0.25) is 0 Å². The highest BCUT2D eigenvalue weighted by molar-refractivity contribution is 7.94. The van der Waals surface area contributed by atoms with E-state index in [9.17, 15) is 8.42 Å². The summed E-state index contributed by atoms with van der Waals surface area (Å²) in [6, 6.07) is 3.29. The van der Waals surface area contributed by atoms with Gasteiger partial charge in [0.15, 0.2) is 0 Å². The number of rotatable bonds is 5. The Morgan fingerprint density at radius 3 is 3.10 bits per heavy atom. The van der Waals surface area contributed by atoms with E-state index in [4.69, 9.17) is 4.74 Å². The van der Waals surface area contributed by atoms with Crippen molar-refractivity contribution in [3.63, 3.8) is 0 Å². The second-order valence-corrected chi connectivity index (χ2v) is 7.83. The molecule has 0 unspecified atom stereocenters. The van der Waals surface area contributed by atoms with Crippen LogP contribution in [0.4, 0.5) is 5.69 Å². The molecule has 21 heavy (non-hydrogen) atoms. The molecule has 0 spiro atoms. The molecule has 0 aromatic carbocycles. The molecule has 0 bridgehead atoms. The number of aromatic nitrogens is 2. The Labute approximate surface area is 127 Å². The van der Waals surface area contributed by atoms with Gasteiger partial charge in [-0.25, -0.2) is 8.42 Å². The molecule has 1 saturated heterocycles. The molecular formula is C13H17N3O3S2. The van der Waals surface area contributed by atoms with E-state index in [-0.39, 0.29) is 6.10 Å². The molecule has 0 saturated carbocycles. The van der Waals surface area contributed by atoms with Gasteiger partial charge in [-0.1, -0.05) is 6.07 Å². The maximum atomic E-state index is 12.1. The van der Waals surface area contributed by atoms with Gasteiger partial charge in [0.1, 0.15) is 4.21 Å². The molecule has 6 nitrogen and oxygen atoms in total. The van der Waals surface area contributed by atoms with E-state index < -0.39 is 10.0 Å². The zero-order valence-electron chi connectivity index (χ0n) is 11.4. The average molecular weight is 327 g/mol. The van der Waals surface area contributed by atoms with Crippen molar-refractivity contribution in [3.05, 3.63) is 29.9 Å². The number of ether oxygens (including phenoxy) is 1. The molecule has 114 valence electrons. The van der Waals surface area contributed by atoms with Gasteiger partial charge in [0.25, 0.3) is 10.0 Å². The van der Waals surface area contributed by atoms with Gasteiger partial charge >= 0.3 is 0 Å². The van der Waals surface area contributed by atoms with Crippen molar-refractivity contribution in [3.8, 4) is 0 Å². The lowest BCUT2D eigenvalue weighted by molar-refractivity contribution is 0.00401. The van der Waals surface area contributed by atoms with Crippen LogP contribution < -0.4 is 4.72 Å². The Hall–Kier alpha value is -1.38. The van der Waals surface area contributed by atoms with E-state index >= 15 is 0 Å². The number of nitrogens with one attached hydrogen (secondary N) is 1. The summed E-state index contributed by atoms with van der Waals surface area (Å²) in [5, 5.41) is 5.92. The van der Waals surface area contributed by atoms with Crippen molar-refractivity contribution < 1.29 is 13.2 Å². The van der Waals surface area contributed by atoms with Gasteiger partial charge in [-0.3, -0.25) is 9.40 Å². The van der Waals surface area contributed by atoms with Crippen molar-refractivity contribution in [1.29, 1.82) is 0 Å². The maximum Gasteiger partial charge on any atom is 0.271 e. The monoisotopic (exact) mass is 327 g/mol. The molecule has 8 heteroatoms. The summed E-state index contributed by atoms with van der Waals surface area (Å²) in [5.74, 6) is 0. The van der Waals surface area contributed by atoms with Crippen LogP contribution in [-0.2, 0) is 21.3 Å². The summed E-state index contributed by atoms with van der Waals surface area (Å²) in [4.78, 5) is 0. The van der Waals surface area contributed by atoms with E-state index in [1.54, 1.807) is 28.4 Å². The zero-order chi connectivity index (χ0) is 14.7. The number of sulfonamides is 1. The molecule has 1 fully saturated rings. The van der Waals surface area contributed by atoms with Crippen LogP contribution in [0.25, 0.3) is 0 Å². The highest BCUT2D eigenvalue weighted by Crippen LogP contribution is 2.20. The fourth-order valence-corrected chi connectivity index (χ4v) is 4.32. The van der Waals surface area contributed by atoms with Crippen LogP contribution in [0, 0.1) is 0 Å². The van der Waals surface area contributed by atoms with Crippen LogP contribution in [0.2, 0.25) is 0 Å². The quantitative estimate of drug-likeness (QED) is 0.914. The van der Waals surface area contributed by atoms with Crippen LogP contribution in [0.3, 0.4) is 0 Å². The summed E-state index contributed by atoms with van der Waals surface area (Å²) in [7, 11) is -3.51. The predicted molar refractivity (Wildman–Crippen MR) is 80.9 cm³/mol. The van der Waals surface area contributed by atoms with Gasteiger partial charge in [0, 0.05) is 12.8 Å². The first-order valence-corrected chi connectivity index (χ1v) is 9.20. The molecular weight excluding hydrogens is 310 g/mol. The average Bonchev–Trinajstić information content (AvgIpc) is 3.11. The lowest BCUT2D eigenvalue weighted by atomic mass is 10.1. The first kappa shape index (κ1) is 14.6. The minimum atomic E-state index is -3.51. The minimum absolute atomic E-state index is 0.167. The maximum absolute atomic E-state index is 12.1. The second-order valence-electron chi connectivity index (χ2n) is 4.98. The van der Waals surface area contributed by atoms with E-state index in [2.05, 4.69) is 9.82 Å². The summed E-state index contributed by atoms with van der Waals surface area (Å²) in [5.41, 5.74) is 0.471. The number of hydrogen-bond donors (Lipinski definition) is 1. The molecule has 0 radical (unpaired) electrons. The third-order valence-corrected chi connectivity index (χ3v) is 6.09. The lowest BCUT2D eigenvalue weighted by Crippen LogP contribution is -2.24. The molecule has 2 aromatic rings. The Kier molecular flexibility index (Phi) is 4.27. The number of thiophene rings is 1. The number of hydrogen-bond acceptors (Lipinski definition) is 5. The fraction of sp³-hybridized carbons (Fsp3) is 0.462. The first-order chi connectivity index (χ1) is 10.1. The highest BCUT2D eigenvalue weighted by atomic mass is 32.2. The molecule has 1 aliphatic heterocycles. The normalized spacial score (nSPS) is 19.5. The molecule has 2 aromatic heterocycles. The minimum Gasteiger partial charge on any atom is -0.376 e. The SMILES string of the molecule is O=S(=O)(Nc1cnn(C[C@@H]2CCCCO2)c1)c1cccs1. The molecule has 0 aliphatic carbocycles. The fourth-order valence-electron chi connectivity index (χ4n) is 2.30. The standard InChI is InChI=1S/C13H17N3O3S2/c17-21(18,13-5-3-7-20-13)15-11-8-14-16(9-11)10-12-4-1-2-6-19-12/h3,5,7-9,12,15H,1-2,4,6,10H2/t12-/m0/s1. The largest absolute Gasteiger partial charge is 0.376 e. The van der Waals surface area contributed by atoms with Crippen LogP contribution in [-0.4, -0.2) is 30.9 Å². The van der Waals surface area contributed by atoms with E-state index in [0.29, 0.717) is 16.4 Å². The third kappa shape index (κ3) is 3.63. The van der Waals surface area contributed by atoms with E-state index in [0.717, 1.165) is 19.4 Å². The summed E-state index contributed by atoms with van der Waals surface area (Å²) in [6.07, 6.45) is 6.69. The molecule has 3 heterocycles. The topological polar surface area (TPSA) is 73.2 Å². The summed E-state index contributed by atoms with van der Waals surface area (Å²) < 4.78 is 34.4. The molecule has 1 aliphatic rings. The number of anilines is 1. The molecule has 3 rings (SSSR count). The Bertz CT molecular complexity index is 673. The molecule has 0 amide bonds. The van der Waals surface area contributed by atoms with Crippen LogP contribution in [0.15, 0.2) is 34.1 Å². The van der Waals surface area contributed by atoms with Gasteiger partial charge < -0.3 is 4.74 Å². The number of nitrogens with zero attached hydrogens (tertiary/aromatic N) is 2. The van der Waals surface area contributed by atoms with Crippen molar-refractivity contribution in [2.75, 3.05) is 11.3 Å². The highest BCUT2D eigenvalue weighted by Gasteiger charge is 2.18. The van der Waals surface area contributed by atoms with Crippen molar-refractivity contribution in [2.24, 2.45) is 0 Å². The molecule has 1 atom stereocenters. The van der Waals surface area contributed by atoms with Crippen molar-refractivity contribution in [1.82, 2.24) is 9.78 Å². The van der Waals surface area contributed by atoms with Crippen molar-refractivity contribution >= 4 is 27.0 Å². The Morgan fingerprint density at radius 1 is 1.48 bits per heavy atom. The smallest absolute Gasteiger partial charge is 0.271 e. The van der Waals surface area contributed by atoms with Gasteiger partial charge in [-0.05, 0) is 30.7 Å². The third-order valence-electron chi connectivity index (χ3n) is 3.31. The second kappa shape index (κ2) is 6.17. The van der Waals surface area contributed by atoms with Crippen LogP contribution in [0.5, 0.6) is 0 Å².